The molecule has 1 aromatic heterocycles. The zero-order chi connectivity index (χ0) is 11.8. The van der Waals surface area contributed by atoms with E-state index in [1.165, 1.54) is 12.4 Å². The van der Waals surface area contributed by atoms with Gasteiger partial charge in [0.2, 0.25) is 5.95 Å². The molecule has 4 nitrogen and oxygen atoms in total. The lowest BCUT2D eigenvalue weighted by Gasteiger charge is -2.51. The summed E-state index contributed by atoms with van der Waals surface area (Å²) in [5, 5.41) is 3.20. The van der Waals surface area contributed by atoms with Gasteiger partial charge < -0.3 is 10.1 Å². The van der Waals surface area contributed by atoms with E-state index >= 15 is 0 Å². The zero-order valence-electron chi connectivity index (χ0n) is 9.70. The van der Waals surface area contributed by atoms with Gasteiger partial charge in [-0.1, -0.05) is 13.8 Å². The van der Waals surface area contributed by atoms with Crippen LogP contribution in [-0.4, -0.2) is 29.2 Å². The quantitative estimate of drug-likeness (QED) is 0.797. The Labute approximate surface area is 94.2 Å². The SMILES string of the molecule is COC1CC(Nc2cc(F)ncn2)C1(C)C. The minimum atomic E-state index is -0.516. The number of ether oxygens (including phenoxy) is 1. The normalized spacial score (nSPS) is 27.2. The second-order valence-electron chi connectivity index (χ2n) is 4.70. The summed E-state index contributed by atoms with van der Waals surface area (Å²) in [5.41, 5.74) is 0.0379. The molecule has 2 atom stereocenters. The summed E-state index contributed by atoms with van der Waals surface area (Å²) in [6.07, 6.45) is 2.38. The van der Waals surface area contributed by atoms with Gasteiger partial charge in [0, 0.05) is 24.6 Å². The van der Waals surface area contributed by atoms with Crippen molar-refractivity contribution in [1.29, 1.82) is 0 Å². The standard InChI is InChI=1S/C11H16FN3O/c1-11(2)7(4-8(11)16-3)15-10-5-9(12)13-6-14-10/h5-8H,4H2,1-3H3,(H,13,14,15). The van der Waals surface area contributed by atoms with Crippen LogP contribution in [-0.2, 0) is 4.74 Å². The van der Waals surface area contributed by atoms with E-state index in [0.29, 0.717) is 5.82 Å². The molecule has 2 unspecified atom stereocenters. The monoisotopic (exact) mass is 225 g/mol. The lowest BCUT2D eigenvalue weighted by molar-refractivity contribution is -0.0795. The molecular weight excluding hydrogens is 209 g/mol. The highest BCUT2D eigenvalue weighted by Crippen LogP contribution is 2.43. The number of methoxy groups -OCH3 is 1. The fourth-order valence-corrected chi connectivity index (χ4v) is 2.12. The minimum Gasteiger partial charge on any atom is -0.381 e. The van der Waals surface area contributed by atoms with Crippen LogP contribution in [0.1, 0.15) is 20.3 Å². The average Bonchev–Trinajstić information content (AvgIpc) is 2.23. The Morgan fingerprint density at radius 3 is 2.81 bits per heavy atom. The first-order chi connectivity index (χ1) is 7.54. The largest absolute Gasteiger partial charge is 0.381 e. The van der Waals surface area contributed by atoms with Gasteiger partial charge in [-0.25, -0.2) is 9.97 Å². The van der Waals surface area contributed by atoms with Gasteiger partial charge in [0.15, 0.2) is 0 Å². The lowest BCUT2D eigenvalue weighted by Crippen LogP contribution is -2.57. The van der Waals surface area contributed by atoms with E-state index in [1.54, 1.807) is 7.11 Å². The van der Waals surface area contributed by atoms with Crippen molar-refractivity contribution in [3.8, 4) is 0 Å². The number of hydrogen-bond donors (Lipinski definition) is 1. The Kier molecular flexibility index (Phi) is 2.80. The third-order valence-electron chi connectivity index (χ3n) is 3.42. The Hall–Kier alpha value is -1.23. The minimum absolute atomic E-state index is 0.0379. The van der Waals surface area contributed by atoms with E-state index in [2.05, 4.69) is 29.1 Å². The maximum atomic E-state index is 12.9. The van der Waals surface area contributed by atoms with Crippen molar-refractivity contribution < 1.29 is 9.13 Å². The van der Waals surface area contributed by atoms with Crippen LogP contribution in [0, 0.1) is 11.4 Å². The van der Waals surface area contributed by atoms with Crippen LogP contribution in [0.2, 0.25) is 0 Å². The van der Waals surface area contributed by atoms with Gasteiger partial charge in [-0.3, -0.25) is 0 Å². The molecule has 0 saturated heterocycles. The van der Waals surface area contributed by atoms with Crippen molar-refractivity contribution in [3.63, 3.8) is 0 Å². The van der Waals surface area contributed by atoms with Gasteiger partial charge in [0.05, 0.1) is 6.10 Å². The summed E-state index contributed by atoms with van der Waals surface area (Å²) in [6, 6.07) is 1.56. The first kappa shape index (κ1) is 11.3. The van der Waals surface area contributed by atoms with Gasteiger partial charge >= 0.3 is 0 Å². The van der Waals surface area contributed by atoms with E-state index in [1.807, 2.05) is 0 Å². The Morgan fingerprint density at radius 2 is 2.25 bits per heavy atom. The number of aromatic nitrogens is 2. The molecule has 1 N–H and O–H groups in total. The van der Waals surface area contributed by atoms with Gasteiger partial charge in [-0.05, 0) is 6.42 Å². The number of nitrogens with zero attached hydrogens (tertiary/aromatic N) is 2. The zero-order valence-corrected chi connectivity index (χ0v) is 9.70. The summed E-state index contributed by atoms with van der Waals surface area (Å²) in [6.45, 7) is 4.25. The summed E-state index contributed by atoms with van der Waals surface area (Å²) >= 11 is 0. The smallest absolute Gasteiger partial charge is 0.217 e. The summed E-state index contributed by atoms with van der Waals surface area (Å²) < 4.78 is 18.2. The molecule has 1 saturated carbocycles. The van der Waals surface area contributed by atoms with Gasteiger partial charge in [0.25, 0.3) is 0 Å². The van der Waals surface area contributed by atoms with Crippen molar-refractivity contribution in [3.05, 3.63) is 18.3 Å². The molecule has 1 aliphatic carbocycles. The van der Waals surface area contributed by atoms with Crippen molar-refractivity contribution in [1.82, 2.24) is 9.97 Å². The van der Waals surface area contributed by atoms with Crippen LogP contribution >= 0.6 is 0 Å². The molecule has 1 fully saturated rings. The summed E-state index contributed by atoms with van der Waals surface area (Å²) in [4.78, 5) is 7.39. The van der Waals surface area contributed by atoms with Gasteiger partial charge in [-0.15, -0.1) is 0 Å². The Morgan fingerprint density at radius 1 is 1.50 bits per heavy atom. The fraction of sp³-hybridized carbons (Fsp3) is 0.636. The number of rotatable bonds is 3. The maximum Gasteiger partial charge on any atom is 0.217 e. The van der Waals surface area contributed by atoms with Crippen molar-refractivity contribution in [2.45, 2.75) is 32.4 Å². The van der Waals surface area contributed by atoms with Crippen LogP contribution < -0.4 is 5.32 Å². The highest BCUT2D eigenvalue weighted by Gasteiger charge is 2.48. The highest BCUT2D eigenvalue weighted by atomic mass is 19.1. The van der Waals surface area contributed by atoms with E-state index in [-0.39, 0.29) is 17.6 Å². The molecule has 0 amide bonds. The molecule has 2 rings (SSSR count). The molecule has 0 spiro atoms. The van der Waals surface area contributed by atoms with Crippen molar-refractivity contribution in [2.75, 3.05) is 12.4 Å². The Bertz CT molecular complexity index is 383. The summed E-state index contributed by atoms with van der Waals surface area (Å²) in [5.74, 6) is 0.0121. The molecule has 0 bridgehead atoms. The molecule has 16 heavy (non-hydrogen) atoms. The first-order valence-corrected chi connectivity index (χ1v) is 5.31. The molecule has 1 aromatic rings. The molecule has 88 valence electrons. The van der Waals surface area contributed by atoms with Crippen LogP contribution in [0.25, 0.3) is 0 Å². The lowest BCUT2D eigenvalue weighted by atomic mass is 9.64. The van der Waals surface area contributed by atoms with Crippen LogP contribution in [0.5, 0.6) is 0 Å². The molecule has 0 aliphatic heterocycles. The molecule has 5 heteroatoms. The molecule has 1 heterocycles. The fourth-order valence-electron chi connectivity index (χ4n) is 2.12. The highest BCUT2D eigenvalue weighted by molar-refractivity contribution is 5.36. The molecule has 0 radical (unpaired) electrons. The van der Waals surface area contributed by atoms with Gasteiger partial charge in [-0.2, -0.15) is 4.39 Å². The maximum absolute atomic E-state index is 12.9. The number of nitrogens with one attached hydrogen (secondary N) is 1. The topological polar surface area (TPSA) is 47.0 Å². The molecular formula is C11H16FN3O. The van der Waals surface area contributed by atoms with E-state index in [9.17, 15) is 4.39 Å². The number of halogens is 1. The molecule has 1 aliphatic rings. The average molecular weight is 225 g/mol. The Balaban J connectivity index is 2.02. The van der Waals surface area contributed by atoms with Crippen LogP contribution in [0.15, 0.2) is 12.4 Å². The predicted molar refractivity (Wildman–Crippen MR) is 58.6 cm³/mol. The third kappa shape index (κ3) is 1.87. The second-order valence-corrected chi connectivity index (χ2v) is 4.70. The van der Waals surface area contributed by atoms with E-state index in [0.717, 1.165) is 6.42 Å². The van der Waals surface area contributed by atoms with E-state index < -0.39 is 5.95 Å². The van der Waals surface area contributed by atoms with Crippen molar-refractivity contribution >= 4 is 5.82 Å². The molecule has 0 aromatic carbocycles. The predicted octanol–water partition coefficient (Wildman–Crippen LogP) is 1.84. The van der Waals surface area contributed by atoms with Gasteiger partial charge in [0.1, 0.15) is 12.1 Å². The third-order valence-corrected chi connectivity index (χ3v) is 3.42. The first-order valence-electron chi connectivity index (χ1n) is 5.31. The summed E-state index contributed by atoms with van der Waals surface area (Å²) in [7, 11) is 1.72. The van der Waals surface area contributed by atoms with E-state index in [4.69, 9.17) is 4.74 Å². The van der Waals surface area contributed by atoms with Crippen LogP contribution in [0.3, 0.4) is 0 Å². The second kappa shape index (κ2) is 3.97. The van der Waals surface area contributed by atoms with Crippen LogP contribution in [0.4, 0.5) is 10.2 Å². The van der Waals surface area contributed by atoms with Crippen molar-refractivity contribution in [2.24, 2.45) is 5.41 Å². The number of anilines is 1. The number of hydrogen-bond acceptors (Lipinski definition) is 4.